The summed E-state index contributed by atoms with van der Waals surface area (Å²) >= 11 is 0. The zero-order valence-electron chi connectivity index (χ0n) is 14.3. The lowest BCUT2D eigenvalue weighted by Crippen LogP contribution is -2.43. The van der Waals surface area contributed by atoms with E-state index in [1.165, 1.54) is 70.8 Å². The van der Waals surface area contributed by atoms with Gasteiger partial charge < -0.3 is 0 Å². The summed E-state index contributed by atoms with van der Waals surface area (Å²) in [6.45, 7) is 10.7. The van der Waals surface area contributed by atoms with Crippen LogP contribution in [0.4, 0.5) is 0 Å². The maximum absolute atomic E-state index is 2.84. The van der Waals surface area contributed by atoms with E-state index in [0.29, 0.717) is 5.54 Å². The van der Waals surface area contributed by atoms with Crippen molar-refractivity contribution >= 4 is 0 Å². The topological polar surface area (TPSA) is 3.24 Å². The first-order valence-electron chi connectivity index (χ1n) is 8.97. The summed E-state index contributed by atoms with van der Waals surface area (Å²) in [5.74, 6) is 0. The van der Waals surface area contributed by atoms with Gasteiger partial charge in [0.25, 0.3) is 0 Å². The maximum Gasteiger partial charge on any atom is 0.0213 e. The third-order valence-electron chi connectivity index (χ3n) is 5.52. The number of rotatable bonds is 1. The fourth-order valence-electron chi connectivity index (χ4n) is 4.08. The van der Waals surface area contributed by atoms with Gasteiger partial charge >= 0.3 is 0 Å². The van der Waals surface area contributed by atoms with Gasteiger partial charge in [-0.1, -0.05) is 24.0 Å². The molecule has 1 nitrogen and oxygen atoms in total. The molecular weight excluding hydrogens is 242 g/mol. The Morgan fingerprint density at radius 1 is 0.900 bits per heavy atom. The van der Waals surface area contributed by atoms with Gasteiger partial charge in [-0.2, -0.15) is 0 Å². The molecule has 0 aromatic heterocycles. The van der Waals surface area contributed by atoms with Gasteiger partial charge in [-0.3, -0.25) is 4.90 Å². The third kappa shape index (κ3) is 4.10. The number of nitrogens with zero attached hydrogens (tertiary/aromatic N) is 1. The molecule has 0 N–H and O–H groups in total. The summed E-state index contributed by atoms with van der Waals surface area (Å²) < 4.78 is 0. The van der Waals surface area contributed by atoms with Crippen LogP contribution in [0.5, 0.6) is 0 Å². The summed E-state index contributed by atoms with van der Waals surface area (Å²) in [7, 11) is 0. The second kappa shape index (κ2) is 7.11. The summed E-state index contributed by atoms with van der Waals surface area (Å²) in [5, 5.41) is 0. The standard InChI is InChI=1S/C19H35N/c1-16(2)18-10-6-5-9-15-20(17(3)4)19(13-14-19)12-8-7-11-18/h17H,5-15H2,1-4H3. The van der Waals surface area contributed by atoms with Crippen LogP contribution in [-0.4, -0.2) is 23.0 Å². The predicted molar refractivity (Wildman–Crippen MR) is 89.1 cm³/mol. The van der Waals surface area contributed by atoms with E-state index < -0.39 is 0 Å². The molecule has 116 valence electrons. The molecule has 0 aromatic carbocycles. The first kappa shape index (κ1) is 16.1. The molecule has 1 spiro atoms. The minimum atomic E-state index is 0.610. The molecule has 1 heterocycles. The van der Waals surface area contributed by atoms with Gasteiger partial charge in [-0.15, -0.1) is 0 Å². The maximum atomic E-state index is 2.84. The minimum absolute atomic E-state index is 0.610. The summed E-state index contributed by atoms with van der Waals surface area (Å²) in [4.78, 5) is 2.84. The van der Waals surface area contributed by atoms with Crippen molar-refractivity contribution in [3.63, 3.8) is 0 Å². The lowest BCUT2D eigenvalue weighted by molar-refractivity contribution is 0.121. The van der Waals surface area contributed by atoms with Gasteiger partial charge in [0.2, 0.25) is 0 Å². The fourth-order valence-corrected chi connectivity index (χ4v) is 4.08. The Bertz CT molecular complexity index is 332. The molecule has 1 saturated heterocycles. The van der Waals surface area contributed by atoms with E-state index in [0.717, 1.165) is 6.04 Å². The Kier molecular flexibility index (Phi) is 5.72. The van der Waals surface area contributed by atoms with E-state index in [4.69, 9.17) is 0 Å². The Morgan fingerprint density at radius 3 is 2.10 bits per heavy atom. The van der Waals surface area contributed by atoms with Crippen molar-refractivity contribution in [1.29, 1.82) is 0 Å². The molecule has 1 saturated carbocycles. The van der Waals surface area contributed by atoms with Crippen LogP contribution in [0.2, 0.25) is 0 Å². The van der Waals surface area contributed by atoms with Crippen LogP contribution in [0.15, 0.2) is 11.1 Å². The molecule has 0 unspecified atom stereocenters. The molecule has 0 amide bonds. The smallest absolute Gasteiger partial charge is 0.0213 e. The van der Waals surface area contributed by atoms with Gasteiger partial charge in [0.05, 0.1) is 0 Å². The van der Waals surface area contributed by atoms with Crippen molar-refractivity contribution in [3.05, 3.63) is 11.1 Å². The Balaban J connectivity index is 1.97. The van der Waals surface area contributed by atoms with Crippen LogP contribution in [0, 0.1) is 0 Å². The van der Waals surface area contributed by atoms with Gasteiger partial charge in [0.1, 0.15) is 0 Å². The van der Waals surface area contributed by atoms with E-state index in [9.17, 15) is 0 Å². The largest absolute Gasteiger partial charge is 0.295 e. The van der Waals surface area contributed by atoms with Gasteiger partial charge in [-0.25, -0.2) is 0 Å². The highest BCUT2D eigenvalue weighted by Gasteiger charge is 2.47. The highest BCUT2D eigenvalue weighted by Crippen LogP contribution is 2.47. The first-order chi connectivity index (χ1) is 9.55. The Hall–Kier alpha value is -0.300. The molecule has 0 aromatic rings. The molecule has 0 bridgehead atoms. The van der Waals surface area contributed by atoms with E-state index in [1.54, 1.807) is 11.1 Å². The van der Waals surface area contributed by atoms with Crippen molar-refractivity contribution in [2.45, 2.75) is 103 Å². The quantitative estimate of drug-likeness (QED) is 0.556. The average Bonchev–Trinajstić information content (AvgIpc) is 3.14. The zero-order chi connectivity index (χ0) is 14.6. The van der Waals surface area contributed by atoms with Gasteiger partial charge in [-0.05, 0) is 85.6 Å². The van der Waals surface area contributed by atoms with Crippen molar-refractivity contribution in [3.8, 4) is 0 Å². The van der Waals surface area contributed by atoms with Crippen molar-refractivity contribution in [2.75, 3.05) is 6.54 Å². The molecule has 0 atom stereocenters. The highest BCUT2D eigenvalue weighted by atomic mass is 15.2. The minimum Gasteiger partial charge on any atom is -0.295 e. The molecule has 1 aliphatic heterocycles. The van der Waals surface area contributed by atoms with E-state index >= 15 is 0 Å². The molecule has 2 aliphatic rings. The number of hydrogen-bond acceptors (Lipinski definition) is 1. The SMILES string of the molecule is CC(C)=C1CCCCCN(C(C)C)C2(CCCC1)CC2. The van der Waals surface area contributed by atoms with Crippen LogP contribution in [0.1, 0.15) is 91.9 Å². The van der Waals surface area contributed by atoms with E-state index in [1.807, 2.05) is 0 Å². The van der Waals surface area contributed by atoms with Crippen molar-refractivity contribution < 1.29 is 0 Å². The first-order valence-corrected chi connectivity index (χ1v) is 8.97. The molecular formula is C19H35N. The second-order valence-electron chi connectivity index (χ2n) is 7.63. The fraction of sp³-hybridized carbons (Fsp3) is 0.895. The Labute approximate surface area is 126 Å². The molecule has 2 fully saturated rings. The van der Waals surface area contributed by atoms with Crippen LogP contribution >= 0.6 is 0 Å². The Morgan fingerprint density at radius 2 is 1.55 bits per heavy atom. The highest BCUT2D eigenvalue weighted by molar-refractivity contribution is 5.10. The lowest BCUT2D eigenvalue weighted by Gasteiger charge is -2.36. The van der Waals surface area contributed by atoms with Crippen LogP contribution < -0.4 is 0 Å². The molecule has 0 radical (unpaired) electrons. The second-order valence-corrected chi connectivity index (χ2v) is 7.63. The summed E-state index contributed by atoms with van der Waals surface area (Å²) in [6, 6.07) is 0.730. The molecule has 1 heteroatoms. The zero-order valence-corrected chi connectivity index (χ0v) is 14.3. The van der Waals surface area contributed by atoms with E-state index in [-0.39, 0.29) is 0 Å². The molecule has 1 aliphatic carbocycles. The monoisotopic (exact) mass is 277 g/mol. The molecule has 2 rings (SSSR count). The molecule has 20 heavy (non-hydrogen) atoms. The number of allylic oxidation sites excluding steroid dienone is 2. The van der Waals surface area contributed by atoms with E-state index in [2.05, 4.69) is 32.6 Å². The normalized spacial score (nSPS) is 25.4. The van der Waals surface area contributed by atoms with Crippen molar-refractivity contribution in [2.24, 2.45) is 0 Å². The van der Waals surface area contributed by atoms with Crippen LogP contribution in [0.3, 0.4) is 0 Å². The van der Waals surface area contributed by atoms with Crippen LogP contribution in [-0.2, 0) is 0 Å². The lowest BCUT2D eigenvalue weighted by atomic mass is 9.94. The predicted octanol–water partition coefficient (Wildman–Crippen LogP) is 5.70. The average molecular weight is 277 g/mol. The third-order valence-corrected chi connectivity index (χ3v) is 5.52. The van der Waals surface area contributed by atoms with Crippen LogP contribution in [0.25, 0.3) is 0 Å². The van der Waals surface area contributed by atoms with Crippen molar-refractivity contribution in [1.82, 2.24) is 4.90 Å². The number of hydrogen-bond donors (Lipinski definition) is 0. The van der Waals surface area contributed by atoms with Gasteiger partial charge in [0.15, 0.2) is 0 Å². The van der Waals surface area contributed by atoms with Gasteiger partial charge in [0, 0.05) is 11.6 Å². The summed E-state index contributed by atoms with van der Waals surface area (Å²) in [6.07, 6.45) is 14.1. The summed E-state index contributed by atoms with van der Waals surface area (Å²) in [5.41, 5.74) is 3.96.